The molecule has 0 unspecified atom stereocenters. The highest BCUT2D eigenvalue weighted by atomic mass is 32.1. The van der Waals surface area contributed by atoms with Crippen LogP contribution in [0.5, 0.6) is 0 Å². The van der Waals surface area contributed by atoms with Crippen LogP contribution in [-0.2, 0) is 6.54 Å². The Hall–Kier alpha value is -0.820. The second-order valence-corrected chi connectivity index (χ2v) is 5.39. The first-order chi connectivity index (χ1) is 7.79. The van der Waals surface area contributed by atoms with Gasteiger partial charge in [-0.15, -0.1) is 11.3 Å². The van der Waals surface area contributed by atoms with Crippen molar-refractivity contribution in [2.24, 2.45) is 0 Å². The highest BCUT2D eigenvalue weighted by molar-refractivity contribution is 7.12. The van der Waals surface area contributed by atoms with Crippen LogP contribution in [0.25, 0.3) is 0 Å². The van der Waals surface area contributed by atoms with Crippen LogP contribution in [0.2, 0.25) is 0 Å². The van der Waals surface area contributed by atoms with Gasteiger partial charge in [-0.05, 0) is 32.0 Å². The SMILES string of the molecule is CN(Cc1ccc(C#CCO)s1)C1CCC1. The van der Waals surface area contributed by atoms with Crippen molar-refractivity contribution in [1.82, 2.24) is 4.90 Å². The molecule has 0 amide bonds. The van der Waals surface area contributed by atoms with Gasteiger partial charge in [0.1, 0.15) is 6.61 Å². The first kappa shape index (κ1) is 11.7. The number of aliphatic hydroxyl groups excluding tert-OH is 1. The summed E-state index contributed by atoms with van der Waals surface area (Å²) < 4.78 is 0. The smallest absolute Gasteiger partial charge is 0.104 e. The van der Waals surface area contributed by atoms with Crippen molar-refractivity contribution in [2.45, 2.75) is 31.8 Å². The van der Waals surface area contributed by atoms with Crippen molar-refractivity contribution >= 4 is 11.3 Å². The van der Waals surface area contributed by atoms with E-state index in [1.165, 1.54) is 24.1 Å². The molecule has 1 N–H and O–H groups in total. The number of hydrogen-bond donors (Lipinski definition) is 1. The average Bonchev–Trinajstić information content (AvgIpc) is 2.59. The van der Waals surface area contributed by atoms with Gasteiger partial charge in [0.15, 0.2) is 0 Å². The summed E-state index contributed by atoms with van der Waals surface area (Å²) in [5, 5.41) is 8.61. The highest BCUT2D eigenvalue weighted by Gasteiger charge is 2.21. The zero-order chi connectivity index (χ0) is 11.4. The van der Waals surface area contributed by atoms with E-state index in [1.54, 1.807) is 11.3 Å². The molecule has 0 aliphatic heterocycles. The quantitative estimate of drug-likeness (QED) is 0.811. The lowest BCUT2D eigenvalue weighted by atomic mass is 9.92. The summed E-state index contributed by atoms with van der Waals surface area (Å²) in [4.78, 5) is 4.83. The Labute approximate surface area is 101 Å². The van der Waals surface area contributed by atoms with Crippen molar-refractivity contribution in [3.63, 3.8) is 0 Å². The number of thiophene rings is 1. The van der Waals surface area contributed by atoms with E-state index < -0.39 is 0 Å². The fourth-order valence-corrected chi connectivity index (χ4v) is 2.81. The van der Waals surface area contributed by atoms with E-state index >= 15 is 0 Å². The second-order valence-electron chi connectivity index (χ2n) is 4.23. The molecule has 1 aliphatic carbocycles. The minimum atomic E-state index is -0.0603. The lowest BCUT2D eigenvalue weighted by Gasteiger charge is -2.34. The summed E-state index contributed by atoms with van der Waals surface area (Å²) in [6.07, 6.45) is 4.07. The summed E-state index contributed by atoms with van der Waals surface area (Å²) in [5.74, 6) is 5.62. The average molecular weight is 235 g/mol. The van der Waals surface area contributed by atoms with E-state index in [4.69, 9.17) is 5.11 Å². The van der Waals surface area contributed by atoms with E-state index in [0.29, 0.717) is 0 Å². The van der Waals surface area contributed by atoms with Gasteiger partial charge < -0.3 is 5.11 Å². The molecule has 0 bridgehead atoms. The van der Waals surface area contributed by atoms with Crippen molar-refractivity contribution in [2.75, 3.05) is 13.7 Å². The summed E-state index contributed by atoms with van der Waals surface area (Å²) in [6.45, 7) is 0.964. The maximum atomic E-state index is 8.61. The Morgan fingerprint density at radius 3 is 2.94 bits per heavy atom. The summed E-state index contributed by atoms with van der Waals surface area (Å²) >= 11 is 1.73. The van der Waals surface area contributed by atoms with Crippen LogP contribution >= 0.6 is 11.3 Å². The van der Waals surface area contributed by atoms with Crippen LogP contribution in [0.1, 0.15) is 29.0 Å². The molecule has 3 heteroatoms. The molecular formula is C13H17NOS. The van der Waals surface area contributed by atoms with Crippen molar-refractivity contribution in [3.05, 3.63) is 21.9 Å². The van der Waals surface area contributed by atoms with Crippen molar-refractivity contribution in [3.8, 4) is 11.8 Å². The zero-order valence-corrected chi connectivity index (χ0v) is 10.4. The number of rotatable bonds is 3. The number of hydrogen-bond acceptors (Lipinski definition) is 3. The summed E-state index contributed by atoms with van der Waals surface area (Å²) in [7, 11) is 2.20. The predicted octanol–water partition coefficient (Wildman–Crippen LogP) is 2.08. The van der Waals surface area contributed by atoms with Gasteiger partial charge in [-0.2, -0.15) is 0 Å². The molecule has 86 valence electrons. The molecule has 1 aliphatic rings. The third kappa shape index (κ3) is 2.85. The minimum Gasteiger partial charge on any atom is -0.384 e. The fourth-order valence-electron chi connectivity index (χ4n) is 1.86. The molecule has 2 rings (SSSR count). The van der Waals surface area contributed by atoms with Crippen LogP contribution < -0.4 is 0 Å². The van der Waals surface area contributed by atoms with E-state index in [2.05, 4.69) is 29.9 Å². The van der Waals surface area contributed by atoms with Gasteiger partial charge in [0, 0.05) is 17.5 Å². The molecule has 16 heavy (non-hydrogen) atoms. The monoisotopic (exact) mass is 235 g/mol. The van der Waals surface area contributed by atoms with Gasteiger partial charge in [0.2, 0.25) is 0 Å². The maximum absolute atomic E-state index is 8.61. The molecule has 0 spiro atoms. The molecule has 1 heterocycles. The maximum Gasteiger partial charge on any atom is 0.104 e. The molecule has 0 saturated heterocycles. The van der Waals surface area contributed by atoms with Crippen LogP contribution in [0.15, 0.2) is 12.1 Å². The van der Waals surface area contributed by atoms with Crippen molar-refractivity contribution < 1.29 is 5.11 Å². The van der Waals surface area contributed by atoms with E-state index in [9.17, 15) is 0 Å². The molecule has 2 nitrogen and oxygen atoms in total. The van der Waals surface area contributed by atoms with Gasteiger partial charge in [-0.1, -0.05) is 18.3 Å². The third-order valence-corrected chi connectivity index (χ3v) is 4.04. The van der Waals surface area contributed by atoms with Crippen LogP contribution in [0.4, 0.5) is 0 Å². The molecular weight excluding hydrogens is 218 g/mol. The topological polar surface area (TPSA) is 23.5 Å². The van der Waals surface area contributed by atoms with Gasteiger partial charge in [0.05, 0.1) is 4.88 Å². The van der Waals surface area contributed by atoms with Crippen LogP contribution in [0.3, 0.4) is 0 Å². The first-order valence-corrected chi connectivity index (χ1v) is 6.50. The Bertz CT molecular complexity index is 398. The Kier molecular flexibility index (Phi) is 4.00. The fraction of sp³-hybridized carbons (Fsp3) is 0.538. The van der Waals surface area contributed by atoms with Gasteiger partial charge in [0.25, 0.3) is 0 Å². The molecule has 1 aromatic heterocycles. The lowest BCUT2D eigenvalue weighted by molar-refractivity contribution is 0.154. The molecule has 0 radical (unpaired) electrons. The normalized spacial score (nSPS) is 15.7. The van der Waals surface area contributed by atoms with Gasteiger partial charge >= 0.3 is 0 Å². The lowest BCUT2D eigenvalue weighted by Crippen LogP contribution is -2.36. The molecule has 0 aromatic carbocycles. The second kappa shape index (κ2) is 5.49. The van der Waals surface area contributed by atoms with E-state index in [0.717, 1.165) is 17.5 Å². The predicted molar refractivity (Wildman–Crippen MR) is 67.4 cm³/mol. The summed E-state index contributed by atoms with van der Waals surface area (Å²) in [6, 6.07) is 4.97. The largest absolute Gasteiger partial charge is 0.384 e. The highest BCUT2D eigenvalue weighted by Crippen LogP contribution is 2.26. The van der Waals surface area contributed by atoms with Crippen LogP contribution in [-0.4, -0.2) is 29.7 Å². The van der Waals surface area contributed by atoms with Gasteiger partial charge in [-0.3, -0.25) is 4.90 Å². The summed E-state index contributed by atoms with van der Waals surface area (Å²) in [5.41, 5.74) is 0. The third-order valence-electron chi connectivity index (χ3n) is 3.06. The number of nitrogens with zero attached hydrogens (tertiary/aromatic N) is 1. The van der Waals surface area contributed by atoms with E-state index in [-0.39, 0.29) is 6.61 Å². The minimum absolute atomic E-state index is 0.0603. The molecule has 1 aromatic rings. The zero-order valence-electron chi connectivity index (χ0n) is 9.57. The number of aliphatic hydroxyl groups is 1. The van der Waals surface area contributed by atoms with E-state index in [1.807, 2.05) is 6.07 Å². The van der Waals surface area contributed by atoms with Crippen molar-refractivity contribution in [1.29, 1.82) is 0 Å². The van der Waals surface area contributed by atoms with Gasteiger partial charge in [-0.25, -0.2) is 0 Å². The standard InChI is InChI=1S/C13H17NOS/c1-14(11-4-2-5-11)10-13-8-7-12(16-13)6-3-9-15/h7-8,11,15H,2,4-5,9-10H2,1H3. The Morgan fingerprint density at radius 1 is 1.50 bits per heavy atom. The Morgan fingerprint density at radius 2 is 2.31 bits per heavy atom. The first-order valence-electron chi connectivity index (χ1n) is 5.68. The van der Waals surface area contributed by atoms with Crippen LogP contribution in [0, 0.1) is 11.8 Å². The molecule has 1 saturated carbocycles. The molecule has 0 atom stereocenters. The molecule has 1 fully saturated rings. The Balaban J connectivity index is 1.91.